The maximum atomic E-state index is 4.17. The molecule has 2 aromatic heterocycles. The van der Waals surface area contributed by atoms with Crippen LogP contribution in [0.4, 0.5) is 0 Å². The van der Waals surface area contributed by atoms with Crippen LogP contribution < -0.4 is 5.43 Å². The molecule has 1 N–H and O–H groups in total. The number of aromatic nitrogens is 4. The van der Waals surface area contributed by atoms with Crippen LogP contribution in [0.15, 0.2) is 29.7 Å². The third-order valence-corrected chi connectivity index (χ3v) is 3.11. The smallest absolute Gasteiger partial charge is 0.210 e. The number of nitrogens with one attached hydrogen (secondary N) is 1. The molecule has 76 valence electrons. The largest absolute Gasteiger partial charge is 0.321 e. The molecule has 0 radical (unpaired) electrons. The van der Waals surface area contributed by atoms with E-state index in [-0.39, 0.29) is 0 Å². The predicted octanol–water partition coefficient (Wildman–Crippen LogP) is 0.989. The second kappa shape index (κ2) is 3.54. The zero-order chi connectivity index (χ0) is 10.1. The van der Waals surface area contributed by atoms with Gasteiger partial charge in [-0.05, 0) is 12.1 Å². The van der Waals surface area contributed by atoms with Crippen LogP contribution in [0.3, 0.4) is 0 Å². The Hall–Kier alpha value is -1.56. The van der Waals surface area contributed by atoms with Crippen molar-refractivity contribution in [3.63, 3.8) is 0 Å². The normalized spacial score (nSPS) is 14.4. The molecular formula is C9H9N5S. The van der Waals surface area contributed by atoms with E-state index >= 15 is 0 Å². The number of hydrogen-bond acceptors (Lipinski definition) is 5. The Bertz CT molecular complexity index is 467. The maximum absolute atomic E-state index is 4.17. The highest BCUT2D eigenvalue weighted by molar-refractivity contribution is 7.99. The molecule has 0 atom stereocenters. The van der Waals surface area contributed by atoms with Crippen LogP contribution in [0, 0.1) is 0 Å². The van der Waals surface area contributed by atoms with Gasteiger partial charge in [0, 0.05) is 30.3 Å². The molecule has 15 heavy (non-hydrogen) atoms. The van der Waals surface area contributed by atoms with Gasteiger partial charge in [-0.15, -0.1) is 10.2 Å². The highest BCUT2D eigenvalue weighted by Crippen LogP contribution is 2.24. The average Bonchev–Trinajstić information content (AvgIpc) is 2.74. The van der Waals surface area contributed by atoms with Crippen molar-refractivity contribution in [2.45, 2.75) is 5.16 Å². The van der Waals surface area contributed by atoms with E-state index in [1.54, 1.807) is 24.2 Å². The number of pyridine rings is 1. The third kappa shape index (κ3) is 1.46. The van der Waals surface area contributed by atoms with Gasteiger partial charge >= 0.3 is 0 Å². The molecule has 0 fully saturated rings. The van der Waals surface area contributed by atoms with Crippen LogP contribution in [0.25, 0.3) is 11.4 Å². The number of thioether (sulfide) groups is 1. The Morgan fingerprint density at radius 1 is 1.27 bits per heavy atom. The summed E-state index contributed by atoms with van der Waals surface area (Å²) in [7, 11) is 0. The molecule has 0 amide bonds. The van der Waals surface area contributed by atoms with Gasteiger partial charge in [-0.25, -0.2) is 4.68 Å². The fourth-order valence-corrected chi connectivity index (χ4v) is 2.25. The summed E-state index contributed by atoms with van der Waals surface area (Å²) < 4.78 is 1.93. The van der Waals surface area contributed by atoms with Gasteiger partial charge in [0.15, 0.2) is 5.82 Å². The van der Waals surface area contributed by atoms with Crippen LogP contribution in [-0.4, -0.2) is 32.2 Å². The van der Waals surface area contributed by atoms with E-state index in [4.69, 9.17) is 0 Å². The molecule has 0 unspecified atom stereocenters. The van der Waals surface area contributed by atoms with Crippen LogP contribution in [-0.2, 0) is 0 Å². The Morgan fingerprint density at radius 3 is 3.00 bits per heavy atom. The second-order valence-electron chi connectivity index (χ2n) is 3.13. The Balaban J connectivity index is 2.09. The van der Waals surface area contributed by atoms with E-state index in [0.717, 1.165) is 28.8 Å². The van der Waals surface area contributed by atoms with Crippen molar-refractivity contribution in [1.82, 2.24) is 19.9 Å². The summed E-state index contributed by atoms with van der Waals surface area (Å²) in [5, 5.41) is 9.22. The number of fused-ring (bicyclic) bond motifs is 1. The van der Waals surface area contributed by atoms with Crippen LogP contribution in [0.1, 0.15) is 0 Å². The van der Waals surface area contributed by atoms with Gasteiger partial charge in [-0.1, -0.05) is 11.8 Å². The Labute approximate surface area is 90.9 Å². The van der Waals surface area contributed by atoms with E-state index in [1.807, 2.05) is 16.8 Å². The molecule has 5 nitrogen and oxygen atoms in total. The van der Waals surface area contributed by atoms with Crippen molar-refractivity contribution in [2.24, 2.45) is 0 Å². The zero-order valence-corrected chi connectivity index (χ0v) is 8.74. The summed E-state index contributed by atoms with van der Waals surface area (Å²) in [4.78, 5) is 3.98. The molecule has 3 heterocycles. The second-order valence-corrected chi connectivity index (χ2v) is 4.20. The molecule has 0 aromatic carbocycles. The van der Waals surface area contributed by atoms with Gasteiger partial charge < -0.3 is 5.43 Å². The minimum absolute atomic E-state index is 0.847. The number of rotatable bonds is 1. The summed E-state index contributed by atoms with van der Waals surface area (Å²) in [5.74, 6) is 1.88. The van der Waals surface area contributed by atoms with Gasteiger partial charge in [-0.2, -0.15) is 0 Å². The van der Waals surface area contributed by atoms with Gasteiger partial charge in [0.2, 0.25) is 5.16 Å². The SMILES string of the molecule is c1cc(-c2nnc3n2NCCS3)ccn1. The minimum Gasteiger partial charge on any atom is -0.321 e. The lowest BCUT2D eigenvalue weighted by Crippen LogP contribution is -2.23. The first-order chi connectivity index (χ1) is 7.45. The van der Waals surface area contributed by atoms with E-state index < -0.39 is 0 Å². The Kier molecular flexibility index (Phi) is 2.06. The fraction of sp³-hybridized carbons (Fsp3) is 0.222. The molecule has 0 spiro atoms. The Morgan fingerprint density at radius 2 is 2.13 bits per heavy atom. The molecule has 1 aliphatic heterocycles. The van der Waals surface area contributed by atoms with Gasteiger partial charge in [0.1, 0.15) is 0 Å². The van der Waals surface area contributed by atoms with E-state index in [9.17, 15) is 0 Å². The average molecular weight is 219 g/mol. The fourth-order valence-electron chi connectivity index (χ4n) is 1.49. The molecular weight excluding hydrogens is 210 g/mol. The molecule has 0 saturated carbocycles. The van der Waals surface area contributed by atoms with Crippen molar-refractivity contribution in [1.29, 1.82) is 0 Å². The number of nitrogens with zero attached hydrogens (tertiary/aromatic N) is 4. The van der Waals surface area contributed by atoms with Crippen molar-refractivity contribution < 1.29 is 0 Å². The monoisotopic (exact) mass is 219 g/mol. The quantitative estimate of drug-likeness (QED) is 0.775. The van der Waals surface area contributed by atoms with Gasteiger partial charge in [0.25, 0.3) is 0 Å². The lowest BCUT2D eigenvalue weighted by atomic mass is 10.2. The van der Waals surface area contributed by atoms with Gasteiger partial charge in [-0.3, -0.25) is 4.98 Å². The van der Waals surface area contributed by atoms with Crippen molar-refractivity contribution in [2.75, 3.05) is 17.7 Å². The van der Waals surface area contributed by atoms with E-state index in [0.29, 0.717) is 0 Å². The summed E-state index contributed by atoms with van der Waals surface area (Å²) in [5.41, 5.74) is 4.29. The summed E-state index contributed by atoms with van der Waals surface area (Å²) in [6.45, 7) is 0.938. The summed E-state index contributed by atoms with van der Waals surface area (Å²) in [6.07, 6.45) is 3.51. The van der Waals surface area contributed by atoms with Crippen molar-refractivity contribution >= 4 is 11.8 Å². The molecule has 0 aliphatic carbocycles. The summed E-state index contributed by atoms with van der Waals surface area (Å²) >= 11 is 1.72. The molecule has 0 bridgehead atoms. The molecule has 0 saturated heterocycles. The van der Waals surface area contributed by atoms with Crippen LogP contribution >= 0.6 is 11.8 Å². The lowest BCUT2D eigenvalue weighted by molar-refractivity contribution is 0.755. The zero-order valence-electron chi connectivity index (χ0n) is 7.92. The van der Waals surface area contributed by atoms with E-state index in [2.05, 4.69) is 20.6 Å². The van der Waals surface area contributed by atoms with Crippen LogP contribution in [0.2, 0.25) is 0 Å². The van der Waals surface area contributed by atoms with Crippen molar-refractivity contribution in [3.05, 3.63) is 24.5 Å². The first kappa shape index (κ1) is 8.72. The highest BCUT2D eigenvalue weighted by Gasteiger charge is 2.16. The molecule has 2 aromatic rings. The van der Waals surface area contributed by atoms with Crippen molar-refractivity contribution in [3.8, 4) is 11.4 Å². The lowest BCUT2D eigenvalue weighted by Gasteiger charge is -2.16. The molecule has 1 aliphatic rings. The number of hydrogen-bond donors (Lipinski definition) is 1. The standard InChI is InChI=1S/C9H9N5S/c1-3-10-4-2-7(1)8-12-13-9-14(8)11-5-6-15-9/h1-4,11H,5-6H2. The predicted molar refractivity (Wildman–Crippen MR) is 58.2 cm³/mol. The molecule has 6 heteroatoms. The van der Waals surface area contributed by atoms with Crippen LogP contribution in [0.5, 0.6) is 0 Å². The third-order valence-electron chi connectivity index (χ3n) is 2.18. The highest BCUT2D eigenvalue weighted by atomic mass is 32.2. The first-order valence-electron chi connectivity index (χ1n) is 4.67. The van der Waals surface area contributed by atoms with E-state index in [1.165, 1.54) is 0 Å². The summed E-state index contributed by atoms with van der Waals surface area (Å²) in [6, 6.07) is 3.86. The topological polar surface area (TPSA) is 55.6 Å². The first-order valence-corrected chi connectivity index (χ1v) is 5.66. The maximum Gasteiger partial charge on any atom is 0.210 e. The van der Waals surface area contributed by atoms with Gasteiger partial charge in [0.05, 0.1) is 0 Å². The molecule has 3 rings (SSSR count). The minimum atomic E-state index is 0.847.